The summed E-state index contributed by atoms with van der Waals surface area (Å²) in [6.45, 7) is 9.32. The van der Waals surface area contributed by atoms with Crippen LogP contribution < -0.4 is 0 Å². The van der Waals surface area contributed by atoms with Crippen LogP contribution in [0.3, 0.4) is 0 Å². The Morgan fingerprint density at radius 3 is 2.53 bits per heavy atom. The third-order valence-corrected chi connectivity index (χ3v) is 4.07. The molecule has 1 N–H and O–H groups in total. The number of hydrogen-bond donors (Lipinski definition) is 1. The van der Waals surface area contributed by atoms with E-state index in [4.69, 9.17) is 0 Å². The maximum absolute atomic E-state index is 10.5. The summed E-state index contributed by atoms with van der Waals surface area (Å²) in [7, 11) is 4.01. The van der Waals surface area contributed by atoms with Crippen LogP contribution in [0.1, 0.15) is 39.9 Å². The Balaban J connectivity index is 2.82. The van der Waals surface area contributed by atoms with Crippen LogP contribution in [0.4, 0.5) is 0 Å². The summed E-state index contributed by atoms with van der Waals surface area (Å²) < 4.78 is 1.90. The van der Waals surface area contributed by atoms with E-state index in [9.17, 15) is 5.11 Å². The number of aromatic nitrogens is 3. The van der Waals surface area contributed by atoms with E-state index in [1.165, 1.54) is 0 Å². The summed E-state index contributed by atoms with van der Waals surface area (Å²) in [5.74, 6) is 1.38. The predicted octanol–water partition coefficient (Wildman–Crippen LogP) is 1.57. The van der Waals surface area contributed by atoms with Crippen molar-refractivity contribution >= 4 is 0 Å². The Kier molecular flexibility index (Phi) is 5.50. The van der Waals surface area contributed by atoms with Crippen molar-refractivity contribution in [3.63, 3.8) is 0 Å². The molecule has 1 aromatic rings. The molecule has 110 valence electrons. The van der Waals surface area contributed by atoms with Gasteiger partial charge in [0.15, 0.2) is 0 Å². The van der Waals surface area contributed by atoms with Crippen molar-refractivity contribution in [2.45, 2.75) is 58.7 Å². The molecule has 2 atom stereocenters. The zero-order chi connectivity index (χ0) is 14.6. The largest absolute Gasteiger partial charge is 0.391 e. The van der Waals surface area contributed by atoms with E-state index in [2.05, 4.69) is 42.7 Å². The maximum Gasteiger partial charge on any atom is 0.138 e. The fourth-order valence-corrected chi connectivity index (χ4v) is 2.19. The van der Waals surface area contributed by atoms with Crippen LogP contribution in [0.25, 0.3) is 0 Å². The first-order chi connectivity index (χ1) is 8.81. The standard InChI is InChI=1S/C14H28N4O/c1-7-14(4,17(5)6)12(19)8-13-15-10-16-18(13)9-11(2)3/h10-12,19H,7-9H2,1-6H3. The van der Waals surface area contributed by atoms with Gasteiger partial charge >= 0.3 is 0 Å². The van der Waals surface area contributed by atoms with Gasteiger partial charge in [0.25, 0.3) is 0 Å². The molecule has 0 radical (unpaired) electrons. The molecule has 5 nitrogen and oxygen atoms in total. The lowest BCUT2D eigenvalue weighted by atomic mass is 9.88. The van der Waals surface area contributed by atoms with Crippen LogP contribution in [0, 0.1) is 5.92 Å². The van der Waals surface area contributed by atoms with Crippen molar-refractivity contribution in [2.75, 3.05) is 14.1 Å². The fraction of sp³-hybridized carbons (Fsp3) is 0.857. The Morgan fingerprint density at radius 1 is 1.42 bits per heavy atom. The minimum atomic E-state index is -0.456. The van der Waals surface area contributed by atoms with Crippen molar-refractivity contribution in [3.8, 4) is 0 Å². The Labute approximate surface area is 116 Å². The number of hydrogen-bond acceptors (Lipinski definition) is 4. The van der Waals surface area contributed by atoms with E-state index in [0.717, 1.165) is 18.8 Å². The average Bonchev–Trinajstić information content (AvgIpc) is 2.74. The van der Waals surface area contributed by atoms with Gasteiger partial charge in [0.1, 0.15) is 12.2 Å². The highest BCUT2D eigenvalue weighted by molar-refractivity contribution is 4.97. The van der Waals surface area contributed by atoms with Crippen LogP contribution in [0.5, 0.6) is 0 Å². The highest BCUT2D eigenvalue weighted by atomic mass is 16.3. The lowest BCUT2D eigenvalue weighted by Crippen LogP contribution is -2.51. The molecule has 0 aliphatic carbocycles. The SMILES string of the molecule is CCC(C)(C(O)Cc1ncnn1CC(C)C)N(C)C. The summed E-state index contributed by atoms with van der Waals surface area (Å²) in [5, 5.41) is 14.8. The van der Waals surface area contributed by atoms with Gasteiger partial charge in [0, 0.05) is 18.5 Å². The van der Waals surface area contributed by atoms with Crippen LogP contribution in [-0.4, -0.2) is 50.5 Å². The molecular weight excluding hydrogens is 240 g/mol. The summed E-state index contributed by atoms with van der Waals surface area (Å²) in [4.78, 5) is 6.37. The second-order valence-electron chi connectivity index (χ2n) is 6.08. The molecule has 0 aromatic carbocycles. The second-order valence-corrected chi connectivity index (χ2v) is 6.08. The third-order valence-electron chi connectivity index (χ3n) is 4.07. The van der Waals surface area contributed by atoms with Gasteiger partial charge < -0.3 is 10.0 Å². The van der Waals surface area contributed by atoms with Crippen molar-refractivity contribution in [2.24, 2.45) is 5.92 Å². The number of rotatable bonds is 7. The normalized spacial score (nSPS) is 16.9. The van der Waals surface area contributed by atoms with E-state index < -0.39 is 6.10 Å². The van der Waals surface area contributed by atoms with Gasteiger partial charge in [-0.05, 0) is 33.4 Å². The van der Waals surface area contributed by atoms with Gasteiger partial charge in [-0.1, -0.05) is 20.8 Å². The molecule has 0 spiro atoms. The van der Waals surface area contributed by atoms with Gasteiger partial charge in [-0.25, -0.2) is 9.67 Å². The van der Waals surface area contributed by atoms with E-state index in [1.54, 1.807) is 6.33 Å². The summed E-state index contributed by atoms with van der Waals surface area (Å²) in [6, 6.07) is 0. The van der Waals surface area contributed by atoms with Crippen LogP contribution in [0.2, 0.25) is 0 Å². The predicted molar refractivity (Wildman–Crippen MR) is 77.0 cm³/mol. The molecule has 19 heavy (non-hydrogen) atoms. The molecule has 0 aliphatic heterocycles. The zero-order valence-corrected chi connectivity index (χ0v) is 13.1. The second kappa shape index (κ2) is 6.48. The third kappa shape index (κ3) is 3.76. The first-order valence-electron chi connectivity index (χ1n) is 7.03. The van der Waals surface area contributed by atoms with Gasteiger partial charge in [-0.2, -0.15) is 5.10 Å². The first-order valence-corrected chi connectivity index (χ1v) is 7.03. The number of nitrogens with zero attached hydrogens (tertiary/aromatic N) is 4. The highest BCUT2D eigenvalue weighted by Crippen LogP contribution is 2.23. The van der Waals surface area contributed by atoms with Crippen LogP contribution in [0.15, 0.2) is 6.33 Å². The van der Waals surface area contributed by atoms with Gasteiger partial charge in [-0.15, -0.1) is 0 Å². The molecule has 5 heteroatoms. The van der Waals surface area contributed by atoms with Gasteiger partial charge in [-0.3, -0.25) is 0 Å². The Hall–Kier alpha value is -0.940. The summed E-state index contributed by atoms with van der Waals surface area (Å²) in [6.07, 6.45) is 2.54. The maximum atomic E-state index is 10.5. The molecule has 0 saturated heterocycles. The molecule has 0 fully saturated rings. The van der Waals surface area contributed by atoms with Crippen LogP contribution in [-0.2, 0) is 13.0 Å². The number of likely N-dealkylation sites (N-methyl/N-ethyl adjacent to an activating group) is 1. The minimum absolute atomic E-state index is 0.241. The number of aliphatic hydroxyl groups is 1. The molecule has 1 aromatic heterocycles. The molecule has 0 saturated carbocycles. The van der Waals surface area contributed by atoms with E-state index in [0.29, 0.717) is 12.3 Å². The summed E-state index contributed by atoms with van der Waals surface area (Å²) >= 11 is 0. The number of aliphatic hydroxyl groups excluding tert-OH is 1. The molecule has 1 rings (SSSR count). The summed E-state index contributed by atoms with van der Waals surface area (Å²) in [5.41, 5.74) is -0.241. The highest BCUT2D eigenvalue weighted by Gasteiger charge is 2.34. The average molecular weight is 268 g/mol. The molecule has 0 bridgehead atoms. The van der Waals surface area contributed by atoms with E-state index >= 15 is 0 Å². The molecule has 1 heterocycles. The van der Waals surface area contributed by atoms with Crippen molar-refractivity contribution in [1.82, 2.24) is 19.7 Å². The van der Waals surface area contributed by atoms with Crippen molar-refractivity contribution < 1.29 is 5.11 Å². The molecule has 0 amide bonds. The quantitative estimate of drug-likeness (QED) is 0.815. The topological polar surface area (TPSA) is 54.2 Å². The van der Waals surface area contributed by atoms with E-state index in [-0.39, 0.29) is 5.54 Å². The Bertz CT molecular complexity index is 389. The molecular formula is C14H28N4O. The van der Waals surface area contributed by atoms with Crippen molar-refractivity contribution in [3.05, 3.63) is 12.2 Å². The van der Waals surface area contributed by atoms with E-state index in [1.807, 2.05) is 18.8 Å². The zero-order valence-electron chi connectivity index (χ0n) is 13.1. The smallest absolute Gasteiger partial charge is 0.138 e. The Morgan fingerprint density at radius 2 is 2.05 bits per heavy atom. The van der Waals surface area contributed by atoms with Gasteiger partial charge in [0.05, 0.1) is 6.10 Å². The lowest BCUT2D eigenvalue weighted by molar-refractivity contribution is 0.00123. The van der Waals surface area contributed by atoms with Gasteiger partial charge in [0.2, 0.25) is 0 Å². The van der Waals surface area contributed by atoms with Crippen molar-refractivity contribution in [1.29, 1.82) is 0 Å². The monoisotopic (exact) mass is 268 g/mol. The lowest BCUT2D eigenvalue weighted by Gasteiger charge is -2.39. The van der Waals surface area contributed by atoms with Crippen LogP contribution >= 0.6 is 0 Å². The molecule has 0 aliphatic rings. The molecule has 2 unspecified atom stereocenters. The first kappa shape index (κ1) is 16.1. The minimum Gasteiger partial charge on any atom is -0.391 e. The fourth-order valence-electron chi connectivity index (χ4n) is 2.19.